The Balaban J connectivity index is 3.79. The van der Waals surface area contributed by atoms with E-state index >= 15 is 0 Å². The van der Waals surface area contributed by atoms with Gasteiger partial charge in [-0.25, -0.2) is 0 Å². The number of ether oxygens (including phenoxy) is 3. The Bertz CT molecular complexity index is 76.3. The molecule has 0 aromatic carbocycles. The standard InChI is InChI=1S/C8H18O3/c1-8(5-9-2,6-10-3)7-11-4/h5-7H2,1-4H3. The summed E-state index contributed by atoms with van der Waals surface area (Å²) in [5.74, 6) is 0. The summed E-state index contributed by atoms with van der Waals surface area (Å²) in [6, 6.07) is 0. The molecule has 0 heterocycles. The van der Waals surface area contributed by atoms with Crippen LogP contribution in [0.2, 0.25) is 0 Å². The maximum absolute atomic E-state index is 5.05. The Kier molecular flexibility index (Phi) is 5.46. The van der Waals surface area contributed by atoms with Gasteiger partial charge in [-0.05, 0) is 0 Å². The van der Waals surface area contributed by atoms with Crippen molar-refractivity contribution in [3.8, 4) is 0 Å². The highest BCUT2D eigenvalue weighted by molar-refractivity contribution is 4.72. The highest BCUT2D eigenvalue weighted by Gasteiger charge is 2.23. The van der Waals surface area contributed by atoms with Crippen LogP contribution in [0, 0.1) is 5.41 Å². The van der Waals surface area contributed by atoms with E-state index in [1.54, 1.807) is 21.3 Å². The van der Waals surface area contributed by atoms with Crippen LogP contribution >= 0.6 is 0 Å². The predicted molar refractivity (Wildman–Crippen MR) is 43.7 cm³/mol. The highest BCUT2D eigenvalue weighted by Crippen LogP contribution is 2.16. The second-order valence-corrected chi connectivity index (χ2v) is 3.11. The molecule has 68 valence electrons. The molecular weight excluding hydrogens is 144 g/mol. The first-order valence-corrected chi connectivity index (χ1v) is 3.65. The minimum Gasteiger partial charge on any atom is -0.384 e. The van der Waals surface area contributed by atoms with E-state index in [4.69, 9.17) is 14.2 Å². The van der Waals surface area contributed by atoms with Gasteiger partial charge in [0.15, 0.2) is 0 Å². The fourth-order valence-corrected chi connectivity index (χ4v) is 1.17. The Morgan fingerprint density at radius 3 is 1.27 bits per heavy atom. The summed E-state index contributed by atoms with van der Waals surface area (Å²) in [5.41, 5.74) is -0.0156. The molecule has 0 radical (unpaired) electrons. The molecule has 0 rings (SSSR count). The summed E-state index contributed by atoms with van der Waals surface area (Å²) in [5, 5.41) is 0. The van der Waals surface area contributed by atoms with Crippen molar-refractivity contribution in [1.29, 1.82) is 0 Å². The van der Waals surface area contributed by atoms with Crippen molar-refractivity contribution in [3.63, 3.8) is 0 Å². The summed E-state index contributed by atoms with van der Waals surface area (Å²) in [4.78, 5) is 0. The zero-order valence-corrected chi connectivity index (χ0v) is 7.85. The van der Waals surface area contributed by atoms with E-state index in [2.05, 4.69) is 6.92 Å². The van der Waals surface area contributed by atoms with E-state index in [1.165, 1.54) is 0 Å². The molecule has 0 saturated heterocycles. The van der Waals surface area contributed by atoms with Crippen LogP contribution in [0.5, 0.6) is 0 Å². The molecule has 3 nitrogen and oxygen atoms in total. The van der Waals surface area contributed by atoms with E-state index in [0.29, 0.717) is 19.8 Å². The van der Waals surface area contributed by atoms with Gasteiger partial charge in [0.1, 0.15) is 0 Å². The minimum atomic E-state index is -0.0156. The van der Waals surface area contributed by atoms with Crippen LogP contribution in [-0.2, 0) is 14.2 Å². The Morgan fingerprint density at radius 2 is 1.09 bits per heavy atom. The summed E-state index contributed by atoms with van der Waals surface area (Å²) in [6.07, 6.45) is 0. The number of methoxy groups -OCH3 is 3. The molecule has 0 aromatic rings. The van der Waals surface area contributed by atoms with E-state index in [1.807, 2.05) is 0 Å². The molecule has 0 aromatic heterocycles. The molecule has 0 aliphatic rings. The molecule has 0 spiro atoms. The SMILES string of the molecule is COCC(C)(COC)COC. The highest BCUT2D eigenvalue weighted by atomic mass is 16.5. The maximum atomic E-state index is 5.05. The molecule has 0 N–H and O–H groups in total. The van der Waals surface area contributed by atoms with Gasteiger partial charge >= 0.3 is 0 Å². The molecule has 0 amide bonds. The van der Waals surface area contributed by atoms with Crippen LogP contribution in [-0.4, -0.2) is 41.2 Å². The average Bonchev–Trinajstić information content (AvgIpc) is 1.88. The topological polar surface area (TPSA) is 27.7 Å². The summed E-state index contributed by atoms with van der Waals surface area (Å²) >= 11 is 0. The number of hydrogen-bond acceptors (Lipinski definition) is 3. The molecule has 0 saturated carbocycles. The van der Waals surface area contributed by atoms with Gasteiger partial charge in [0.05, 0.1) is 19.8 Å². The second-order valence-electron chi connectivity index (χ2n) is 3.11. The summed E-state index contributed by atoms with van der Waals surface area (Å²) in [6.45, 7) is 4.06. The van der Waals surface area contributed by atoms with Crippen molar-refractivity contribution < 1.29 is 14.2 Å². The molecule has 0 atom stereocenters. The largest absolute Gasteiger partial charge is 0.384 e. The van der Waals surface area contributed by atoms with E-state index in [0.717, 1.165) is 0 Å². The molecule has 0 bridgehead atoms. The maximum Gasteiger partial charge on any atom is 0.0560 e. The van der Waals surface area contributed by atoms with Gasteiger partial charge < -0.3 is 14.2 Å². The molecule has 11 heavy (non-hydrogen) atoms. The van der Waals surface area contributed by atoms with Crippen molar-refractivity contribution in [1.82, 2.24) is 0 Å². The first kappa shape index (κ1) is 10.9. The van der Waals surface area contributed by atoms with Crippen LogP contribution in [0.25, 0.3) is 0 Å². The minimum absolute atomic E-state index is 0.0156. The smallest absolute Gasteiger partial charge is 0.0560 e. The van der Waals surface area contributed by atoms with E-state index in [-0.39, 0.29) is 5.41 Å². The molecule has 0 aliphatic heterocycles. The number of hydrogen-bond donors (Lipinski definition) is 0. The Morgan fingerprint density at radius 1 is 0.818 bits per heavy atom. The van der Waals surface area contributed by atoms with Gasteiger partial charge in [0.2, 0.25) is 0 Å². The third kappa shape index (κ3) is 4.35. The zero-order chi connectivity index (χ0) is 8.74. The number of rotatable bonds is 6. The molecule has 0 aliphatic carbocycles. The van der Waals surface area contributed by atoms with E-state index < -0.39 is 0 Å². The fraction of sp³-hybridized carbons (Fsp3) is 1.00. The molecule has 0 fully saturated rings. The van der Waals surface area contributed by atoms with Crippen LogP contribution in [0.15, 0.2) is 0 Å². The van der Waals surface area contributed by atoms with E-state index in [9.17, 15) is 0 Å². The van der Waals surface area contributed by atoms with Crippen molar-refractivity contribution in [2.24, 2.45) is 5.41 Å². The fourth-order valence-electron chi connectivity index (χ4n) is 1.17. The van der Waals surface area contributed by atoms with Crippen LogP contribution in [0.4, 0.5) is 0 Å². The Hall–Kier alpha value is -0.120. The predicted octanol–water partition coefficient (Wildman–Crippen LogP) is 0.932. The van der Waals surface area contributed by atoms with Gasteiger partial charge in [-0.2, -0.15) is 0 Å². The lowest BCUT2D eigenvalue weighted by atomic mass is 9.94. The van der Waals surface area contributed by atoms with Crippen molar-refractivity contribution in [2.45, 2.75) is 6.92 Å². The lowest BCUT2D eigenvalue weighted by Crippen LogP contribution is -2.32. The quantitative estimate of drug-likeness (QED) is 0.581. The Labute approximate surface area is 68.6 Å². The van der Waals surface area contributed by atoms with Gasteiger partial charge in [-0.3, -0.25) is 0 Å². The van der Waals surface area contributed by atoms with Gasteiger partial charge in [-0.1, -0.05) is 6.92 Å². The normalized spacial score (nSPS) is 12.0. The van der Waals surface area contributed by atoms with Crippen LogP contribution in [0.1, 0.15) is 6.92 Å². The third-order valence-corrected chi connectivity index (χ3v) is 1.48. The van der Waals surface area contributed by atoms with Crippen molar-refractivity contribution in [3.05, 3.63) is 0 Å². The average molecular weight is 162 g/mol. The van der Waals surface area contributed by atoms with Crippen LogP contribution in [0.3, 0.4) is 0 Å². The van der Waals surface area contributed by atoms with Crippen molar-refractivity contribution >= 4 is 0 Å². The van der Waals surface area contributed by atoms with Gasteiger partial charge in [0, 0.05) is 26.7 Å². The van der Waals surface area contributed by atoms with Gasteiger partial charge in [-0.15, -0.1) is 0 Å². The monoisotopic (exact) mass is 162 g/mol. The summed E-state index contributed by atoms with van der Waals surface area (Å²) < 4.78 is 15.2. The second kappa shape index (κ2) is 5.52. The first-order chi connectivity index (χ1) is 5.18. The molecule has 0 unspecified atom stereocenters. The molecule has 3 heteroatoms. The lowest BCUT2D eigenvalue weighted by molar-refractivity contribution is -0.0266. The van der Waals surface area contributed by atoms with Crippen molar-refractivity contribution in [2.75, 3.05) is 41.2 Å². The molecular formula is C8H18O3. The van der Waals surface area contributed by atoms with Crippen LogP contribution < -0.4 is 0 Å². The third-order valence-electron chi connectivity index (χ3n) is 1.48. The zero-order valence-electron chi connectivity index (χ0n) is 7.85. The summed E-state index contributed by atoms with van der Waals surface area (Å²) in [7, 11) is 5.05. The lowest BCUT2D eigenvalue weighted by Gasteiger charge is -2.26. The van der Waals surface area contributed by atoms with Gasteiger partial charge in [0.25, 0.3) is 0 Å². The first-order valence-electron chi connectivity index (χ1n) is 3.65.